The van der Waals surface area contributed by atoms with Crippen LogP contribution in [0.1, 0.15) is 22.6 Å². The van der Waals surface area contributed by atoms with E-state index in [1.165, 1.54) is 17.7 Å². The molecule has 3 aromatic rings. The molecule has 0 aromatic heterocycles. The lowest BCUT2D eigenvalue weighted by molar-refractivity contribution is -0.198. The molecular formula is C26H26F2N2O. The van der Waals surface area contributed by atoms with E-state index in [0.717, 1.165) is 13.1 Å². The highest BCUT2D eigenvalue weighted by atomic mass is 19.1. The Bertz CT molecular complexity index is 1050. The van der Waals surface area contributed by atoms with E-state index in [1.807, 2.05) is 42.5 Å². The van der Waals surface area contributed by atoms with Crippen molar-refractivity contribution >= 4 is 0 Å². The molecule has 0 amide bonds. The van der Waals surface area contributed by atoms with E-state index in [1.54, 1.807) is 12.1 Å². The van der Waals surface area contributed by atoms with Gasteiger partial charge in [-0.1, -0.05) is 66.7 Å². The number of halogens is 2. The summed E-state index contributed by atoms with van der Waals surface area (Å²) in [6.07, 6.45) is 0. The van der Waals surface area contributed by atoms with E-state index in [2.05, 4.69) is 21.9 Å². The van der Waals surface area contributed by atoms with Crippen LogP contribution in [0.3, 0.4) is 0 Å². The number of aliphatic hydroxyl groups excluding tert-OH is 1. The van der Waals surface area contributed by atoms with E-state index in [4.69, 9.17) is 0 Å². The fraction of sp³-hybridized carbons (Fsp3) is 0.308. The predicted molar refractivity (Wildman–Crippen MR) is 116 cm³/mol. The van der Waals surface area contributed by atoms with Crippen LogP contribution in [0.25, 0.3) is 0 Å². The van der Waals surface area contributed by atoms with Crippen molar-refractivity contribution in [1.29, 1.82) is 0 Å². The highest BCUT2D eigenvalue weighted by Gasteiger charge is 2.65. The molecule has 2 atom stereocenters. The molecule has 5 rings (SSSR count). The Morgan fingerprint density at radius 2 is 1.32 bits per heavy atom. The van der Waals surface area contributed by atoms with E-state index in [-0.39, 0.29) is 35.7 Å². The van der Waals surface area contributed by atoms with Gasteiger partial charge in [0.05, 0.1) is 12.1 Å². The van der Waals surface area contributed by atoms with Crippen molar-refractivity contribution in [3.63, 3.8) is 0 Å². The van der Waals surface area contributed by atoms with E-state index >= 15 is 0 Å². The molecule has 1 N–H and O–H groups in total. The number of likely N-dealkylation sites (tertiary alicyclic amines) is 2. The van der Waals surface area contributed by atoms with Crippen LogP contribution < -0.4 is 0 Å². The third-order valence-corrected chi connectivity index (χ3v) is 6.93. The molecule has 2 fully saturated rings. The molecule has 2 aliphatic rings. The van der Waals surface area contributed by atoms with Crippen molar-refractivity contribution in [2.45, 2.75) is 30.6 Å². The Morgan fingerprint density at radius 3 is 1.90 bits per heavy atom. The summed E-state index contributed by atoms with van der Waals surface area (Å²) in [5.74, 6) is -0.254. The third kappa shape index (κ3) is 3.47. The van der Waals surface area contributed by atoms with Gasteiger partial charge in [-0.05, 0) is 17.7 Å². The van der Waals surface area contributed by atoms with Gasteiger partial charge in [0.2, 0.25) is 0 Å². The Kier molecular flexibility index (Phi) is 5.34. The summed E-state index contributed by atoms with van der Waals surface area (Å²) in [5, 5.41) is 10.2. The van der Waals surface area contributed by atoms with Crippen molar-refractivity contribution < 1.29 is 13.9 Å². The molecule has 0 radical (unpaired) electrons. The second-order valence-electron chi connectivity index (χ2n) is 8.70. The van der Waals surface area contributed by atoms with Gasteiger partial charge in [-0.25, -0.2) is 8.78 Å². The van der Waals surface area contributed by atoms with Gasteiger partial charge >= 0.3 is 0 Å². The molecule has 2 heterocycles. The minimum Gasteiger partial charge on any atom is -0.395 e. The maximum absolute atomic E-state index is 14.4. The Labute approximate surface area is 181 Å². The van der Waals surface area contributed by atoms with Crippen molar-refractivity contribution in [2.75, 3.05) is 19.7 Å². The van der Waals surface area contributed by atoms with Crippen LogP contribution in [0.4, 0.5) is 8.78 Å². The van der Waals surface area contributed by atoms with Crippen LogP contribution in [0.15, 0.2) is 78.9 Å². The minimum atomic E-state index is -0.222. The Hall–Kier alpha value is -2.60. The molecule has 2 aliphatic heterocycles. The summed E-state index contributed by atoms with van der Waals surface area (Å²) >= 11 is 0. The molecule has 1 spiro atoms. The minimum absolute atomic E-state index is 0.0169. The number of aliphatic hydroxyl groups is 1. The Morgan fingerprint density at radius 1 is 0.774 bits per heavy atom. The standard InChI is InChI=1S/C26H26F2N2O/c27-22-12-6-4-10-20(22)14-29-17-26(18-29)25(19-8-2-1-3-9-19)24(16-31)30(26)15-21-11-5-7-13-23(21)28/h1-13,24-25,31H,14-18H2/t24-,25+/m1/s1. The first kappa shape index (κ1) is 20.3. The zero-order valence-electron chi connectivity index (χ0n) is 17.3. The van der Waals surface area contributed by atoms with Crippen LogP contribution in [0, 0.1) is 11.6 Å². The van der Waals surface area contributed by atoms with Gasteiger partial charge in [0, 0.05) is 49.3 Å². The molecule has 160 valence electrons. The van der Waals surface area contributed by atoms with Crippen molar-refractivity contribution in [3.05, 3.63) is 107 Å². The second kappa shape index (κ2) is 8.15. The maximum Gasteiger partial charge on any atom is 0.127 e. The van der Waals surface area contributed by atoms with Crippen LogP contribution in [-0.4, -0.2) is 46.2 Å². The molecule has 5 heteroatoms. The molecule has 0 bridgehead atoms. The number of hydrogen-bond acceptors (Lipinski definition) is 3. The van der Waals surface area contributed by atoms with Gasteiger partial charge in [-0.2, -0.15) is 0 Å². The number of nitrogens with zero attached hydrogens (tertiary/aromatic N) is 2. The van der Waals surface area contributed by atoms with E-state index < -0.39 is 0 Å². The van der Waals surface area contributed by atoms with Gasteiger partial charge in [0.15, 0.2) is 0 Å². The predicted octanol–water partition coefficient (Wildman–Crippen LogP) is 4.18. The monoisotopic (exact) mass is 420 g/mol. The average molecular weight is 421 g/mol. The van der Waals surface area contributed by atoms with Gasteiger partial charge < -0.3 is 5.11 Å². The van der Waals surface area contributed by atoms with E-state index in [9.17, 15) is 13.9 Å². The van der Waals surface area contributed by atoms with Gasteiger partial charge in [0.1, 0.15) is 11.6 Å². The first-order chi connectivity index (χ1) is 15.1. The fourth-order valence-electron chi connectivity index (χ4n) is 5.53. The first-order valence-electron chi connectivity index (χ1n) is 10.7. The summed E-state index contributed by atoms with van der Waals surface area (Å²) in [6, 6.07) is 23.9. The zero-order chi connectivity index (χ0) is 21.4. The summed E-state index contributed by atoms with van der Waals surface area (Å²) < 4.78 is 28.6. The molecule has 31 heavy (non-hydrogen) atoms. The summed E-state index contributed by atoms with van der Waals surface area (Å²) in [7, 11) is 0. The quantitative estimate of drug-likeness (QED) is 0.648. The smallest absolute Gasteiger partial charge is 0.127 e. The largest absolute Gasteiger partial charge is 0.395 e. The molecular weight excluding hydrogens is 394 g/mol. The number of rotatable bonds is 6. The summed E-state index contributed by atoms with van der Waals surface area (Å²) in [6.45, 7) is 2.53. The first-order valence-corrected chi connectivity index (χ1v) is 10.7. The van der Waals surface area contributed by atoms with Gasteiger partial charge in [-0.15, -0.1) is 0 Å². The van der Waals surface area contributed by atoms with Crippen LogP contribution in [0.5, 0.6) is 0 Å². The van der Waals surface area contributed by atoms with Crippen LogP contribution in [-0.2, 0) is 13.1 Å². The molecule has 2 saturated heterocycles. The van der Waals surface area contributed by atoms with Gasteiger partial charge in [-0.3, -0.25) is 9.80 Å². The third-order valence-electron chi connectivity index (χ3n) is 6.93. The molecule has 3 nitrogen and oxygen atoms in total. The normalized spacial score (nSPS) is 22.8. The molecule has 0 aliphatic carbocycles. The summed E-state index contributed by atoms with van der Waals surface area (Å²) in [4.78, 5) is 4.48. The summed E-state index contributed by atoms with van der Waals surface area (Å²) in [5.41, 5.74) is 2.33. The highest BCUT2D eigenvalue weighted by Crippen LogP contribution is 2.54. The average Bonchev–Trinajstić information content (AvgIpc) is 2.75. The molecule has 0 unspecified atom stereocenters. The molecule has 3 aromatic carbocycles. The highest BCUT2D eigenvalue weighted by molar-refractivity contribution is 5.37. The van der Waals surface area contributed by atoms with Crippen molar-refractivity contribution in [1.82, 2.24) is 9.80 Å². The maximum atomic E-state index is 14.4. The van der Waals surface area contributed by atoms with E-state index in [0.29, 0.717) is 24.2 Å². The Balaban J connectivity index is 1.42. The van der Waals surface area contributed by atoms with Gasteiger partial charge in [0.25, 0.3) is 0 Å². The SMILES string of the molecule is OC[C@@H]1[C@H](c2ccccc2)C2(CN(Cc3ccccc3F)C2)N1Cc1ccccc1F. The zero-order valence-corrected chi connectivity index (χ0v) is 17.3. The van der Waals surface area contributed by atoms with Crippen LogP contribution >= 0.6 is 0 Å². The lowest BCUT2D eigenvalue weighted by atomic mass is 9.60. The lowest BCUT2D eigenvalue weighted by Crippen LogP contribution is -2.84. The number of hydrogen-bond donors (Lipinski definition) is 1. The second-order valence-corrected chi connectivity index (χ2v) is 8.70. The fourth-order valence-corrected chi connectivity index (χ4v) is 5.53. The molecule has 0 saturated carbocycles. The van der Waals surface area contributed by atoms with Crippen LogP contribution in [0.2, 0.25) is 0 Å². The lowest BCUT2D eigenvalue weighted by Gasteiger charge is -2.71. The topological polar surface area (TPSA) is 26.7 Å². The van der Waals surface area contributed by atoms with Crippen molar-refractivity contribution in [3.8, 4) is 0 Å². The number of benzene rings is 3. The van der Waals surface area contributed by atoms with Crippen molar-refractivity contribution in [2.24, 2.45) is 0 Å².